The van der Waals surface area contributed by atoms with Crippen molar-refractivity contribution in [3.8, 4) is 16.9 Å². The van der Waals surface area contributed by atoms with Gasteiger partial charge in [-0.05, 0) is 79.5 Å². The maximum Gasteiger partial charge on any atom is 0.306 e. The molecule has 41 heavy (non-hydrogen) atoms. The number of hydrogen-bond acceptors (Lipinski definition) is 4. The SMILES string of the molecule is CCCCCOc1ccc(-c2ccc(C(=O)CC(CCc3cccc(C(=O)N4CCCCC4)c3)C(=O)O)cc2)cc1. The number of amides is 1. The van der Waals surface area contributed by atoms with Gasteiger partial charge in [-0.2, -0.15) is 0 Å². The summed E-state index contributed by atoms with van der Waals surface area (Å²) in [5.74, 6) is -1.09. The Kier molecular flexibility index (Phi) is 11.1. The molecule has 4 rings (SSSR count). The fourth-order valence-electron chi connectivity index (χ4n) is 5.27. The second-order valence-corrected chi connectivity index (χ2v) is 10.9. The zero-order valence-electron chi connectivity index (χ0n) is 24.0. The molecule has 1 atom stereocenters. The van der Waals surface area contributed by atoms with Crippen LogP contribution in [0.15, 0.2) is 72.8 Å². The largest absolute Gasteiger partial charge is 0.494 e. The van der Waals surface area contributed by atoms with Crippen LogP contribution in [0.3, 0.4) is 0 Å². The number of carboxylic acid groups (broad SMARTS) is 1. The van der Waals surface area contributed by atoms with E-state index in [1.807, 2.05) is 65.6 Å². The van der Waals surface area contributed by atoms with Crippen LogP contribution < -0.4 is 4.74 Å². The Labute approximate surface area is 243 Å². The van der Waals surface area contributed by atoms with Crippen molar-refractivity contribution >= 4 is 17.7 Å². The van der Waals surface area contributed by atoms with Crippen LogP contribution in [0.2, 0.25) is 0 Å². The Morgan fingerprint density at radius 3 is 2.20 bits per heavy atom. The Morgan fingerprint density at radius 2 is 1.54 bits per heavy atom. The van der Waals surface area contributed by atoms with Gasteiger partial charge in [0.25, 0.3) is 5.91 Å². The summed E-state index contributed by atoms with van der Waals surface area (Å²) >= 11 is 0. The van der Waals surface area contributed by atoms with Gasteiger partial charge in [0, 0.05) is 30.6 Å². The van der Waals surface area contributed by atoms with Crippen molar-refractivity contribution in [3.05, 3.63) is 89.5 Å². The Bertz CT molecular complexity index is 1290. The molecule has 1 amide bonds. The monoisotopic (exact) mass is 555 g/mol. The van der Waals surface area contributed by atoms with Crippen molar-refractivity contribution in [2.75, 3.05) is 19.7 Å². The number of ether oxygens (including phenoxy) is 1. The van der Waals surface area contributed by atoms with Gasteiger partial charge in [-0.3, -0.25) is 14.4 Å². The predicted molar refractivity (Wildman–Crippen MR) is 161 cm³/mol. The second-order valence-electron chi connectivity index (χ2n) is 10.9. The molecule has 216 valence electrons. The maximum atomic E-state index is 13.0. The number of benzene rings is 3. The third-order valence-corrected chi connectivity index (χ3v) is 7.79. The summed E-state index contributed by atoms with van der Waals surface area (Å²) in [6.07, 6.45) is 7.34. The van der Waals surface area contributed by atoms with Crippen LogP contribution in [-0.4, -0.2) is 47.4 Å². The Hall–Kier alpha value is -3.93. The van der Waals surface area contributed by atoms with Crippen LogP contribution in [0.4, 0.5) is 0 Å². The number of carbonyl (C=O) groups excluding carboxylic acids is 2. The van der Waals surface area contributed by atoms with Gasteiger partial charge in [-0.25, -0.2) is 0 Å². The van der Waals surface area contributed by atoms with Crippen molar-refractivity contribution in [2.45, 2.75) is 64.7 Å². The molecule has 0 aromatic heterocycles. The lowest BCUT2D eigenvalue weighted by atomic mass is 9.91. The zero-order valence-corrected chi connectivity index (χ0v) is 24.0. The number of rotatable bonds is 14. The van der Waals surface area contributed by atoms with Crippen LogP contribution in [0.25, 0.3) is 11.1 Å². The average molecular weight is 556 g/mol. The fraction of sp³-hybridized carbons (Fsp3) is 0.400. The number of carboxylic acids is 1. The number of hydrogen-bond donors (Lipinski definition) is 1. The van der Waals surface area contributed by atoms with E-state index in [1.165, 1.54) is 0 Å². The van der Waals surface area contributed by atoms with Gasteiger partial charge in [0.2, 0.25) is 0 Å². The molecule has 1 unspecified atom stereocenters. The van der Waals surface area contributed by atoms with Gasteiger partial charge in [0.1, 0.15) is 5.75 Å². The lowest BCUT2D eigenvalue weighted by Crippen LogP contribution is -2.35. The average Bonchev–Trinajstić information content (AvgIpc) is 3.01. The Balaban J connectivity index is 1.31. The first-order valence-electron chi connectivity index (χ1n) is 14.9. The summed E-state index contributed by atoms with van der Waals surface area (Å²) in [6, 6.07) is 22.7. The number of Topliss-reactive ketones (excluding diaryl/α,β-unsaturated/α-hetero) is 1. The minimum absolute atomic E-state index is 0.0339. The van der Waals surface area contributed by atoms with Crippen molar-refractivity contribution in [1.82, 2.24) is 4.90 Å². The molecule has 6 nitrogen and oxygen atoms in total. The number of aliphatic carboxylic acids is 1. The van der Waals surface area contributed by atoms with Crippen LogP contribution in [0.5, 0.6) is 5.75 Å². The summed E-state index contributed by atoms with van der Waals surface area (Å²) in [5.41, 5.74) is 4.06. The van der Waals surface area contributed by atoms with Crippen LogP contribution >= 0.6 is 0 Å². The second kappa shape index (κ2) is 15.2. The lowest BCUT2D eigenvalue weighted by molar-refractivity contribution is -0.141. The highest BCUT2D eigenvalue weighted by Gasteiger charge is 2.23. The molecule has 1 aliphatic heterocycles. The molecular weight excluding hydrogens is 514 g/mol. The van der Waals surface area contributed by atoms with E-state index >= 15 is 0 Å². The highest BCUT2D eigenvalue weighted by atomic mass is 16.5. The van der Waals surface area contributed by atoms with Crippen molar-refractivity contribution in [2.24, 2.45) is 5.92 Å². The minimum Gasteiger partial charge on any atom is -0.494 e. The number of carbonyl (C=O) groups is 3. The molecule has 1 N–H and O–H groups in total. The first-order chi connectivity index (χ1) is 19.9. The number of nitrogens with zero attached hydrogens (tertiary/aromatic N) is 1. The predicted octanol–water partition coefficient (Wildman–Crippen LogP) is 7.46. The summed E-state index contributed by atoms with van der Waals surface area (Å²) in [4.78, 5) is 39.8. The molecule has 1 fully saturated rings. The standard InChI is InChI=1S/C35H41NO5/c1-2-3-7-23-41-32-19-17-28(18-20-32)27-13-15-29(16-14-27)33(37)25-31(35(39)40)12-11-26-9-8-10-30(24-26)34(38)36-21-5-4-6-22-36/h8-10,13-20,24,31H,2-7,11-12,21-23,25H2,1H3,(H,39,40). The molecule has 1 heterocycles. The number of piperidine rings is 1. The fourth-order valence-corrected chi connectivity index (χ4v) is 5.27. The van der Waals surface area contributed by atoms with E-state index in [9.17, 15) is 19.5 Å². The minimum atomic E-state index is -0.979. The summed E-state index contributed by atoms with van der Waals surface area (Å²) in [5, 5.41) is 9.83. The van der Waals surface area contributed by atoms with Crippen molar-refractivity contribution in [3.63, 3.8) is 0 Å². The number of unbranched alkanes of at least 4 members (excludes halogenated alkanes) is 2. The molecule has 0 bridgehead atoms. The third kappa shape index (κ3) is 8.78. The topological polar surface area (TPSA) is 83.9 Å². The molecule has 6 heteroatoms. The van der Waals surface area contributed by atoms with E-state index < -0.39 is 11.9 Å². The highest BCUT2D eigenvalue weighted by molar-refractivity contribution is 5.98. The quantitative estimate of drug-likeness (QED) is 0.165. The Morgan fingerprint density at radius 1 is 0.854 bits per heavy atom. The van der Waals surface area contributed by atoms with Crippen molar-refractivity contribution in [1.29, 1.82) is 0 Å². The molecule has 1 saturated heterocycles. The zero-order chi connectivity index (χ0) is 29.0. The molecule has 3 aromatic carbocycles. The summed E-state index contributed by atoms with van der Waals surface area (Å²) in [7, 11) is 0. The van der Waals surface area contributed by atoms with E-state index in [2.05, 4.69) is 6.92 Å². The smallest absolute Gasteiger partial charge is 0.306 e. The number of likely N-dealkylation sites (tertiary alicyclic amines) is 1. The van der Waals surface area contributed by atoms with Gasteiger partial charge in [0.15, 0.2) is 5.78 Å². The molecular formula is C35H41NO5. The van der Waals surface area contributed by atoms with Crippen LogP contribution in [-0.2, 0) is 11.2 Å². The summed E-state index contributed by atoms with van der Waals surface area (Å²) < 4.78 is 5.79. The van der Waals surface area contributed by atoms with Crippen LogP contribution in [0, 0.1) is 5.92 Å². The highest BCUT2D eigenvalue weighted by Crippen LogP contribution is 2.25. The first kappa shape index (κ1) is 30.0. The van der Waals surface area contributed by atoms with Crippen molar-refractivity contribution < 1.29 is 24.2 Å². The third-order valence-electron chi connectivity index (χ3n) is 7.79. The van der Waals surface area contributed by atoms with E-state index in [0.29, 0.717) is 30.6 Å². The maximum absolute atomic E-state index is 13.0. The lowest BCUT2D eigenvalue weighted by Gasteiger charge is -2.26. The number of ketones is 1. The first-order valence-corrected chi connectivity index (χ1v) is 14.9. The normalized spacial score (nSPS) is 13.9. The molecule has 1 aliphatic rings. The van der Waals surface area contributed by atoms with E-state index in [0.717, 1.165) is 74.1 Å². The van der Waals surface area contributed by atoms with E-state index in [4.69, 9.17) is 4.74 Å². The summed E-state index contributed by atoms with van der Waals surface area (Å²) in [6.45, 7) is 4.45. The van der Waals surface area contributed by atoms with Gasteiger partial charge in [-0.15, -0.1) is 0 Å². The molecule has 0 aliphatic carbocycles. The van der Waals surface area contributed by atoms with Gasteiger partial charge >= 0.3 is 5.97 Å². The van der Waals surface area contributed by atoms with E-state index in [1.54, 1.807) is 12.1 Å². The van der Waals surface area contributed by atoms with Gasteiger partial charge in [0.05, 0.1) is 12.5 Å². The molecule has 0 spiro atoms. The molecule has 0 radical (unpaired) electrons. The van der Waals surface area contributed by atoms with Crippen LogP contribution in [0.1, 0.15) is 84.6 Å². The molecule has 0 saturated carbocycles. The van der Waals surface area contributed by atoms with Gasteiger partial charge in [-0.1, -0.05) is 68.3 Å². The van der Waals surface area contributed by atoms with Gasteiger partial charge < -0.3 is 14.7 Å². The van der Waals surface area contributed by atoms with E-state index in [-0.39, 0.29) is 18.1 Å². The number of aryl methyl sites for hydroxylation is 1. The molecule has 3 aromatic rings.